The third-order valence-corrected chi connectivity index (χ3v) is 8.45. The first-order valence-corrected chi connectivity index (χ1v) is 18.3. The van der Waals surface area contributed by atoms with E-state index in [1.807, 2.05) is 0 Å². The van der Waals surface area contributed by atoms with Crippen LogP contribution in [0.5, 0.6) is 0 Å². The van der Waals surface area contributed by atoms with Gasteiger partial charge in [-0.3, -0.25) is 0 Å². The monoisotopic (exact) mass is 567 g/mol. The van der Waals surface area contributed by atoms with Crippen LogP contribution >= 0.6 is 0 Å². The van der Waals surface area contributed by atoms with Crippen LogP contribution in [-0.2, 0) is 4.74 Å². The van der Waals surface area contributed by atoms with Crippen molar-refractivity contribution in [3.63, 3.8) is 0 Å². The van der Waals surface area contributed by atoms with Crippen LogP contribution in [0.4, 0.5) is 0 Å². The van der Waals surface area contributed by atoms with E-state index in [4.69, 9.17) is 4.74 Å². The number of hydrogen-bond acceptors (Lipinski definition) is 3. The molecule has 2 N–H and O–H groups in total. The van der Waals surface area contributed by atoms with E-state index in [9.17, 15) is 10.2 Å². The molecule has 0 saturated carbocycles. The molecule has 0 aromatic heterocycles. The van der Waals surface area contributed by atoms with Gasteiger partial charge in [0.15, 0.2) is 0 Å². The SMILES string of the molecule is CCCCCCCC/C=C\CCCCCCCCOC(CO)C(O)CCCCCCCCCCCCCCCC. The number of ether oxygens (including phenoxy) is 1. The first kappa shape index (κ1) is 39.6. The van der Waals surface area contributed by atoms with E-state index in [0.717, 1.165) is 19.3 Å². The molecule has 3 heteroatoms. The lowest BCUT2D eigenvalue weighted by molar-refractivity contribution is -0.0671. The summed E-state index contributed by atoms with van der Waals surface area (Å²) in [7, 11) is 0. The Kier molecular flexibility index (Phi) is 34.5. The van der Waals surface area contributed by atoms with Gasteiger partial charge in [-0.25, -0.2) is 0 Å². The van der Waals surface area contributed by atoms with Gasteiger partial charge in [0.2, 0.25) is 0 Å². The number of allylic oxidation sites excluding steroid dienone is 2. The van der Waals surface area contributed by atoms with Crippen LogP contribution in [0, 0.1) is 0 Å². The summed E-state index contributed by atoms with van der Waals surface area (Å²) < 4.78 is 5.83. The van der Waals surface area contributed by atoms with Gasteiger partial charge in [0.05, 0.1) is 12.7 Å². The normalized spacial score (nSPS) is 13.4. The van der Waals surface area contributed by atoms with Crippen LogP contribution in [-0.4, -0.2) is 35.6 Å². The third-order valence-electron chi connectivity index (χ3n) is 8.45. The van der Waals surface area contributed by atoms with E-state index >= 15 is 0 Å². The van der Waals surface area contributed by atoms with Gasteiger partial charge in [0.1, 0.15) is 6.10 Å². The Morgan fingerprint density at radius 1 is 0.475 bits per heavy atom. The highest BCUT2D eigenvalue weighted by Crippen LogP contribution is 2.16. The summed E-state index contributed by atoms with van der Waals surface area (Å²) >= 11 is 0. The molecule has 2 unspecified atom stereocenters. The molecule has 40 heavy (non-hydrogen) atoms. The van der Waals surface area contributed by atoms with Crippen molar-refractivity contribution < 1.29 is 14.9 Å². The van der Waals surface area contributed by atoms with Gasteiger partial charge in [-0.15, -0.1) is 0 Å². The summed E-state index contributed by atoms with van der Waals surface area (Å²) in [5.74, 6) is 0. The van der Waals surface area contributed by atoms with Gasteiger partial charge in [-0.2, -0.15) is 0 Å². The van der Waals surface area contributed by atoms with Gasteiger partial charge in [0, 0.05) is 6.61 Å². The van der Waals surface area contributed by atoms with Crippen molar-refractivity contribution in [2.45, 2.75) is 212 Å². The molecule has 0 amide bonds. The molecule has 3 nitrogen and oxygen atoms in total. The smallest absolute Gasteiger partial charge is 0.106 e. The standard InChI is InChI=1S/C37H74O3/c1-3-5-7-9-11-13-15-17-19-20-22-24-26-28-30-32-34-40-37(35-38)36(39)33-31-29-27-25-23-21-18-16-14-12-10-8-6-4-2/h17,19,36-39H,3-16,18,20-35H2,1-2H3/b19-17-. The molecule has 0 aromatic rings. The lowest BCUT2D eigenvalue weighted by Gasteiger charge is -2.21. The van der Waals surface area contributed by atoms with Crippen molar-refractivity contribution in [1.82, 2.24) is 0 Å². The molecule has 0 aliphatic carbocycles. The molecule has 0 heterocycles. The van der Waals surface area contributed by atoms with Crippen molar-refractivity contribution in [2.24, 2.45) is 0 Å². The van der Waals surface area contributed by atoms with Crippen molar-refractivity contribution in [2.75, 3.05) is 13.2 Å². The number of aliphatic hydroxyl groups is 2. The Labute approximate surface area is 252 Å². The topological polar surface area (TPSA) is 49.7 Å². The van der Waals surface area contributed by atoms with Gasteiger partial charge in [-0.1, -0.05) is 174 Å². The summed E-state index contributed by atoms with van der Waals surface area (Å²) in [6.45, 7) is 5.14. The zero-order valence-corrected chi connectivity index (χ0v) is 27.5. The fraction of sp³-hybridized carbons (Fsp3) is 0.946. The molecule has 240 valence electrons. The summed E-state index contributed by atoms with van der Waals surface area (Å²) in [4.78, 5) is 0. The molecule has 0 spiro atoms. The molecule has 0 aromatic carbocycles. The van der Waals surface area contributed by atoms with Gasteiger partial charge in [-0.05, 0) is 38.5 Å². The zero-order chi connectivity index (χ0) is 29.2. The Morgan fingerprint density at radius 2 is 0.825 bits per heavy atom. The fourth-order valence-electron chi connectivity index (χ4n) is 5.60. The lowest BCUT2D eigenvalue weighted by Crippen LogP contribution is -2.32. The van der Waals surface area contributed by atoms with Crippen LogP contribution in [0.15, 0.2) is 12.2 Å². The number of rotatable bonds is 34. The highest BCUT2D eigenvalue weighted by atomic mass is 16.5. The van der Waals surface area contributed by atoms with E-state index in [1.54, 1.807) is 0 Å². The highest BCUT2D eigenvalue weighted by Gasteiger charge is 2.18. The average Bonchev–Trinajstić information content (AvgIpc) is 2.96. The van der Waals surface area contributed by atoms with E-state index in [2.05, 4.69) is 26.0 Å². The van der Waals surface area contributed by atoms with E-state index in [-0.39, 0.29) is 6.61 Å². The van der Waals surface area contributed by atoms with E-state index < -0.39 is 12.2 Å². The van der Waals surface area contributed by atoms with Crippen LogP contribution in [0.2, 0.25) is 0 Å². The molecule has 0 radical (unpaired) electrons. The minimum atomic E-state index is -0.531. The maximum absolute atomic E-state index is 10.4. The lowest BCUT2D eigenvalue weighted by atomic mass is 10.0. The minimum absolute atomic E-state index is 0.0772. The third kappa shape index (κ3) is 30.6. The second-order valence-electron chi connectivity index (χ2n) is 12.5. The second kappa shape index (κ2) is 34.8. The molecular weight excluding hydrogens is 492 g/mol. The average molecular weight is 567 g/mol. The molecule has 0 aliphatic heterocycles. The minimum Gasteiger partial charge on any atom is -0.394 e. The zero-order valence-electron chi connectivity index (χ0n) is 27.5. The first-order valence-electron chi connectivity index (χ1n) is 18.3. The predicted molar refractivity (Wildman–Crippen MR) is 177 cm³/mol. The van der Waals surface area contributed by atoms with Gasteiger partial charge >= 0.3 is 0 Å². The van der Waals surface area contributed by atoms with Crippen molar-refractivity contribution >= 4 is 0 Å². The molecule has 0 rings (SSSR count). The molecule has 0 saturated heterocycles. The van der Waals surface area contributed by atoms with Crippen LogP contribution < -0.4 is 0 Å². The van der Waals surface area contributed by atoms with Crippen LogP contribution in [0.25, 0.3) is 0 Å². The fourth-order valence-corrected chi connectivity index (χ4v) is 5.60. The number of hydrogen-bond donors (Lipinski definition) is 2. The second-order valence-corrected chi connectivity index (χ2v) is 12.5. The Bertz CT molecular complexity index is 478. The van der Waals surface area contributed by atoms with Crippen molar-refractivity contribution in [3.8, 4) is 0 Å². The predicted octanol–water partition coefficient (Wildman–Crippen LogP) is 11.6. The molecule has 2 atom stereocenters. The first-order chi connectivity index (χ1) is 19.8. The molecule has 0 fully saturated rings. The summed E-state index contributed by atoms with van der Waals surface area (Å²) in [6.07, 6.45) is 41.6. The molecule has 0 aliphatic rings. The van der Waals surface area contributed by atoms with Gasteiger partial charge in [0.25, 0.3) is 0 Å². The van der Waals surface area contributed by atoms with Crippen LogP contribution in [0.1, 0.15) is 200 Å². The highest BCUT2D eigenvalue weighted by molar-refractivity contribution is 4.81. The number of unbranched alkanes of at least 4 members (excludes halogenated alkanes) is 25. The maximum atomic E-state index is 10.4. The number of aliphatic hydroxyl groups excluding tert-OH is 2. The largest absolute Gasteiger partial charge is 0.394 e. The van der Waals surface area contributed by atoms with Crippen LogP contribution in [0.3, 0.4) is 0 Å². The Hall–Kier alpha value is -0.380. The van der Waals surface area contributed by atoms with Gasteiger partial charge < -0.3 is 14.9 Å². The summed E-state index contributed by atoms with van der Waals surface area (Å²) in [5, 5.41) is 20.1. The summed E-state index contributed by atoms with van der Waals surface area (Å²) in [5.41, 5.74) is 0. The molecular formula is C37H74O3. The van der Waals surface area contributed by atoms with E-state index in [0.29, 0.717) is 6.61 Å². The Balaban J connectivity index is 3.42. The Morgan fingerprint density at radius 3 is 1.23 bits per heavy atom. The van der Waals surface area contributed by atoms with Crippen molar-refractivity contribution in [3.05, 3.63) is 12.2 Å². The quantitative estimate of drug-likeness (QED) is 0.0601. The van der Waals surface area contributed by atoms with Crippen molar-refractivity contribution in [1.29, 1.82) is 0 Å². The van der Waals surface area contributed by atoms with E-state index in [1.165, 1.54) is 167 Å². The summed E-state index contributed by atoms with van der Waals surface area (Å²) in [6, 6.07) is 0. The maximum Gasteiger partial charge on any atom is 0.106 e. The molecule has 0 bridgehead atoms.